The van der Waals surface area contributed by atoms with Gasteiger partial charge in [-0.25, -0.2) is 4.98 Å². The highest BCUT2D eigenvalue weighted by Crippen LogP contribution is 2.34. The second-order valence-corrected chi connectivity index (χ2v) is 11.3. The second-order valence-electron chi connectivity index (χ2n) is 11.3. The largest absolute Gasteiger partial charge is 0.394 e. The number of hydrogen-bond donors (Lipinski definition) is 6. The first-order valence-electron chi connectivity index (χ1n) is 16.1. The summed E-state index contributed by atoms with van der Waals surface area (Å²) in [6.07, 6.45) is -0.282. The Morgan fingerprint density at radius 1 is 1.02 bits per heavy atom. The van der Waals surface area contributed by atoms with Gasteiger partial charge in [0, 0.05) is 32.8 Å². The van der Waals surface area contributed by atoms with E-state index in [-0.39, 0.29) is 37.6 Å². The van der Waals surface area contributed by atoms with Crippen LogP contribution in [0.1, 0.15) is 37.1 Å². The number of benzene rings is 2. The van der Waals surface area contributed by atoms with E-state index in [1.54, 1.807) is 12.4 Å². The quantitative estimate of drug-likeness (QED) is 0.111. The van der Waals surface area contributed by atoms with Crippen LogP contribution in [0.4, 0.5) is 11.8 Å². The summed E-state index contributed by atoms with van der Waals surface area (Å²) in [6.45, 7) is 0.273. The van der Waals surface area contributed by atoms with Crippen molar-refractivity contribution in [3.05, 3.63) is 108 Å². The first kappa shape index (κ1) is 30.7. The monoisotopic (exact) mass is 639 g/mol. The number of rotatable bonds is 13. The Balaban J connectivity index is 1.35. The highest BCUT2D eigenvalue weighted by atomic mass is 16.6. The number of carbonyl (C=O) groups is 1. The maximum atomic E-state index is 12.6. The molecule has 1 fully saturated rings. The zero-order valence-electron chi connectivity index (χ0n) is 26.6. The molecular formula is C34H38N8O5. The van der Waals surface area contributed by atoms with Crippen molar-refractivity contribution in [2.45, 2.75) is 49.8 Å². The number of likely N-dealkylation sites (N-methyl/N-ethyl adjacent to an activating group) is 1. The van der Waals surface area contributed by atoms with E-state index in [1.807, 2.05) is 48.5 Å². The minimum Gasteiger partial charge on any atom is -0.394 e. The van der Waals surface area contributed by atoms with Crippen molar-refractivity contribution in [1.29, 1.82) is 0 Å². The fourth-order valence-electron chi connectivity index (χ4n) is 5.77. The fourth-order valence-corrected chi connectivity index (χ4v) is 5.77. The third-order valence-electron chi connectivity index (χ3n) is 8.13. The molecule has 0 spiro atoms. The number of ether oxygens (including phenoxy) is 1. The average Bonchev–Trinajstić information content (AvgIpc) is 3.68. The molecule has 5 aromatic rings. The van der Waals surface area contributed by atoms with Gasteiger partial charge >= 0.3 is 0 Å². The van der Waals surface area contributed by atoms with Gasteiger partial charge in [-0.05, 0) is 36.1 Å². The smallest absolute Gasteiger partial charge is 0.252 e. The van der Waals surface area contributed by atoms with Gasteiger partial charge in [0.05, 0.1) is 19.0 Å². The van der Waals surface area contributed by atoms with Gasteiger partial charge in [0.15, 0.2) is 29.3 Å². The van der Waals surface area contributed by atoms with Crippen molar-refractivity contribution in [2.75, 3.05) is 30.3 Å². The Labute approximate surface area is 273 Å². The van der Waals surface area contributed by atoms with Gasteiger partial charge in [0.2, 0.25) is 5.95 Å². The number of nitrogens with zero attached hydrogens (tertiary/aromatic N) is 5. The molecule has 244 valence electrons. The SMILES string of the molecule is [2H]CCNC(=O)[C@H]1O[C@H](n2cnc3c(NCC(c4ccccc4)c4ccccc4)nc(NC(CO)Cc4cccnc4)nc32)[C@H](O)[C@@H]1O. The molecule has 2 aromatic carbocycles. The molecule has 1 aliphatic heterocycles. The first-order chi connectivity index (χ1) is 23.5. The summed E-state index contributed by atoms with van der Waals surface area (Å²) in [5, 5.41) is 41.2. The van der Waals surface area contributed by atoms with Gasteiger partial charge < -0.3 is 36.0 Å². The Morgan fingerprint density at radius 2 is 1.77 bits per heavy atom. The molecule has 1 aliphatic rings. The van der Waals surface area contributed by atoms with E-state index in [0.29, 0.717) is 24.3 Å². The number of amides is 1. The van der Waals surface area contributed by atoms with Crippen LogP contribution >= 0.6 is 0 Å². The van der Waals surface area contributed by atoms with Crippen LogP contribution in [0.5, 0.6) is 0 Å². The highest BCUT2D eigenvalue weighted by Gasteiger charge is 2.47. The summed E-state index contributed by atoms with van der Waals surface area (Å²) in [7, 11) is 0. The maximum absolute atomic E-state index is 12.6. The minimum absolute atomic E-state index is 0.0372. The zero-order valence-corrected chi connectivity index (χ0v) is 25.6. The van der Waals surface area contributed by atoms with E-state index in [1.165, 1.54) is 10.9 Å². The van der Waals surface area contributed by atoms with E-state index in [0.717, 1.165) is 16.7 Å². The van der Waals surface area contributed by atoms with Crippen LogP contribution in [0.2, 0.25) is 0 Å². The van der Waals surface area contributed by atoms with Crippen molar-refractivity contribution >= 4 is 28.8 Å². The summed E-state index contributed by atoms with van der Waals surface area (Å²) in [4.78, 5) is 30.9. The second kappa shape index (κ2) is 14.6. The Hall–Kier alpha value is -4.95. The van der Waals surface area contributed by atoms with Crippen LogP contribution < -0.4 is 16.0 Å². The summed E-state index contributed by atoms with van der Waals surface area (Å²) >= 11 is 0. The van der Waals surface area contributed by atoms with Crippen LogP contribution in [-0.4, -0.2) is 89.8 Å². The zero-order chi connectivity index (χ0) is 33.5. The van der Waals surface area contributed by atoms with Crippen LogP contribution in [0.3, 0.4) is 0 Å². The van der Waals surface area contributed by atoms with Gasteiger partial charge in [-0.3, -0.25) is 14.3 Å². The molecule has 5 atom stereocenters. The van der Waals surface area contributed by atoms with E-state index in [2.05, 4.69) is 50.2 Å². The van der Waals surface area contributed by atoms with Gasteiger partial charge in [-0.2, -0.15) is 9.97 Å². The molecule has 6 rings (SSSR count). The number of carbonyl (C=O) groups excluding carboxylic acids is 1. The molecule has 47 heavy (non-hydrogen) atoms. The van der Waals surface area contributed by atoms with Crippen molar-refractivity contribution in [3.63, 3.8) is 0 Å². The lowest BCUT2D eigenvalue weighted by Crippen LogP contribution is -2.42. The molecule has 13 heteroatoms. The molecule has 0 radical (unpaired) electrons. The molecule has 3 aromatic heterocycles. The van der Waals surface area contributed by atoms with E-state index < -0.39 is 36.5 Å². The van der Waals surface area contributed by atoms with Crippen LogP contribution in [0.15, 0.2) is 91.5 Å². The lowest BCUT2D eigenvalue weighted by atomic mass is 9.91. The van der Waals surface area contributed by atoms with Gasteiger partial charge in [-0.1, -0.05) is 66.7 Å². The Morgan fingerprint density at radius 3 is 2.43 bits per heavy atom. The Kier molecular flexibility index (Phi) is 9.56. The fraction of sp³-hybridized carbons (Fsp3) is 0.324. The molecule has 1 saturated heterocycles. The van der Waals surface area contributed by atoms with Crippen LogP contribution in [0, 0.1) is 0 Å². The topological polar surface area (TPSA) is 180 Å². The summed E-state index contributed by atoms with van der Waals surface area (Å²) in [6, 6.07) is 23.5. The molecule has 1 amide bonds. The maximum Gasteiger partial charge on any atom is 0.252 e. The van der Waals surface area contributed by atoms with Crippen molar-refractivity contribution < 1.29 is 26.2 Å². The van der Waals surface area contributed by atoms with E-state index in [4.69, 9.17) is 16.1 Å². The lowest BCUT2D eigenvalue weighted by molar-refractivity contribution is -0.137. The number of pyridine rings is 1. The normalized spacial score (nSPS) is 20.2. The van der Waals surface area contributed by atoms with Gasteiger partial charge in [-0.15, -0.1) is 0 Å². The van der Waals surface area contributed by atoms with Crippen molar-refractivity contribution in [2.24, 2.45) is 0 Å². The molecule has 4 heterocycles. The number of fused-ring (bicyclic) bond motifs is 1. The number of nitrogens with one attached hydrogen (secondary N) is 3. The molecule has 13 nitrogen and oxygen atoms in total. The van der Waals surface area contributed by atoms with Gasteiger partial charge in [0.1, 0.15) is 12.2 Å². The van der Waals surface area contributed by atoms with E-state index in [9.17, 15) is 20.1 Å². The van der Waals surface area contributed by atoms with Crippen LogP contribution in [0.25, 0.3) is 11.2 Å². The molecule has 0 saturated carbocycles. The Bertz CT molecular complexity index is 1740. The number of aliphatic hydroxyl groups is 3. The lowest BCUT2D eigenvalue weighted by Gasteiger charge is -2.21. The molecule has 6 N–H and O–H groups in total. The molecule has 0 aliphatic carbocycles. The predicted molar refractivity (Wildman–Crippen MR) is 176 cm³/mol. The predicted octanol–water partition coefficient (Wildman–Crippen LogP) is 2.24. The van der Waals surface area contributed by atoms with Crippen molar-refractivity contribution in [3.8, 4) is 0 Å². The minimum atomic E-state index is -1.52. The average molecular weight is 640 g/mol. The first-order valence-corrected chi connectivity index (χ1v) is 15.4. The van der Waals surface area contributed by atoms with Gasteiger partial charge in [0.25, 0.3) is 5.91 Å². The number of hydrogen-bond acceptors (Lipinski definition) is 11. The number of aliphatic hydroxyl groups excluding tert-OH is 3. The number of aromatic nitrogens is 5. The summed E-state index contributed by atoms with van der Waals surface area (Å²) in [5.41, 5.74) is 3.77. The highest BCUT2D eigenvalue weighted by molar-refractivity contribution is 5.85. The van der Waals surface area contributed by atoms with Crippen LogP contribution in [-0.2, 0) is 16.0 Å². The third-order valence-corrected chi connectivity index (χ3v) is 8.13. The van der Waals surface area contributed by atoms with Crippen molar-refractivity contribution in [1.82, 2.24) is 29.8 Å². The summed E-state index contributed by atoms with van der Waals surface area (Å²) in [5.74, 6) is -0.0867. The molecular weight excluding hydrogens is 600 g/mol. The standard InChI is InChI=1S/C34H38N8O5/c1-2-36-32(46)29-27(44)28(45)33(47-29)42-20-38-26-30(37-18-25(22-11-5-3-6-12-22)23-13-7-4-8-14-23)40-34(41-31(26)42)39-24(19-43)16-21-10-9-15-35-17-21/h3-15,17,20,24-25,27-29,33,43-45H,2,16,18-19H2,1H3,(H,36,46)(H2,37,39,40,41)/t24?,27-,28+,29-,33-/m0/s1/i1D. The van der Waals surface area contributed by atoms with E-state index >= 15 is 0 Å². The third kappa shape index (κ3) is 7.08. The summed E-state index contributed by atoms with van der Waals surface area (Å²) < 4.78 is 14.6. The number of imidazole rings is 1. The molecule has 1 unspecified atom stereocenters. The number of anilines is 2. The molecule has 0 bridgehead atoms.